The third-order valence-corrected chi connectivity index (χ3v) is 4.86. The molecular formula is C22H21F3N2O2. The highest BCUT2D eigenvalue weighted by Crippen LogP contribution is 2.35. The normalized spacial score (nSPS) is 11.7. The van der Waals surface area contributed by atoms with Crippen LogP contribution in [-0.2, 0) is 10.9 Å². The molecule has 4 nitrogen and oxygen atoms in total. The van der Waals surface area contributed by atoms with E-state index in [1.54, 1.807) is 18.2 Å². The lowest BCUT2D eigenvalue weighted by Gasteiger charge is -2.26. The number of pyridine rings is 1. The van der Waals surface area contributed by atoms with Crippen LogP contribution in [0.2, 0.25) is 0 Å². The van der Waals surface area contributed by atoms with Crippen LogP contribution in [0.3, 0.4) is 0 Å². The zero-order chi connectivity index (χ0) is 21.3. The molecule has 3 aromatic rings. The van der Waals surface area contributed by atoms with Crippen LogP contribution >= 0.6 is 0 Å². The summed E-state index contributed by atoms with van der Waals surface area (Å²) in [6.45, 7) is 4.01. The Morgan fingerprint density at radius 3 is 2.28 bits per heavy atom. The number of rotatable bonds is 4. The summed E-state index contributed by atoms with van der Waals surface area (Å²) >= 11 is 0. The molecule has 152 valence electrons. The summed E-state index contributed by atoms with van der Waals surface area (Å²) in [7, 11) is 3.21. The number of aromatic nitrogens is 1. The molecule has 0 radical (unpaired) electrons. The van der Waals surface area contributed by atoms with Crippen molar-refractivity contribution in [2.75, 3.05) is 19.1 Å². The van der Waals surface area contributed by atoms with E-state index in [4.69, 9.17) is 9.72 Å². The van der Waals surface area contributed by atoms with Crippen LogP contribution in [0.4, 0.5) is 18.9 Å². The summed E-state index contributed by atoms with van der Waals surface area (Å²) in [4.78, 5) is 18.5. The highest BCUT2D eigenvalue weighted by atomic mass is 19.4. The van der Waals surface area contributed by atoms with Gasteiger partial charge in [0, 0.05) is 24.0 Å². The quantitative estimate of drug-likeness (QED) is 0.537. The highest BCUT2D eigenvalue weighted by molar-refractivity contribution is 5.96. The van der Waals surface area contributed by atoms with Crippen molar-refractivity contribution in [3.8, 4) is 11.3 Å². The van der Waals surface area contributed by atoms with Crippen LogP contribution in [0.25, 0.3) is 22.2 Å². The van der Waals surface area contributed by atoms with Gasteiger partial charge in [0.25, 0.3) is 0 Å². The van der Waals surface area contributed by atoms with Gasteiger partial charge in [0.15, 0.2) is 0 Å². The molecule has 0 saturated heterocycles. The van der Waals surface area contributed by atoms with Crippen molar-refractivity contribution in [1.82, 2.24) is 4.98 Å². The monoisotopic (exact) mass is 402 g/mol. The Labute approximate surface area is 166 Å². The van der Waals surface area contributed by atoms with Crippen molar-refractivity contribution >= 4 is 22.6 Å². The molecule has 0 bridgehead atoms. The third-order valence-electron chi connectivity index (χ3n) is 4.86. The van der Waals surface area contributed by atoms with E-state index in [2.05, 4.69) is 0 Å². The Morgan fingerprint density at radius 1 is 1.07 bits per heavy atom. The van der Waals surface area contributed by atoms with Gasteiger partial charge in [0.1, 0.15) is 0 Å². The number of carbonyl (C=O) groups is 1. The first-order valence-electron chi connectivity index (χ1n) is 9.05. The van der Waals surface area contributed by atoms with Crippen molar-refractivity contribution in [2.45, 2.75) is 26.1 Å². The fraction of sp³-hybridized carbons (Fsp3) is 0.273. The number of ether oxygens (including phenoxy) is 1. The fourth-order valence-electron chi connectivity index (χ4n) is 2.99. The molecule has 0 atom stereocenters. The lowest BCUT2D eigenvalue weighted by atomic mass is 10.0. The van der Waals surface area contributed by atoms with E-state index in [0.717, 1.165) is 23.2 Å². The van der Waals surface area contributed by atoms with Gasteiger partial charge >= 0.3 is 12.1 Å². The number of methoxy groups -OCH3 is 1. The topological polar surface area (TPSA) is 42.4 Å². The van der Waals surface area contributed by atoms with Gasteiger partial charge in [-0.05, 0) is 50.2 Å². The first-order valence-corrected chi connectivity index (χ1v) is 9.05. The fourth-order valence-corrected chi connectivity index (χ4v) is 2.99. The Morgan fingerprint density at radius 2 is 1.72 bits per heavy atom. The number of nitrogens with zero attached hydrogens (tertiary/aromatic N) is 2. The van der Waals surface area contributed by atoms with Gasteiger partial charge in [-0.15, -0.1) is 0 Å². The minimum atomic E-state index is -4.39. The lowest BCUT2D eigenvalue weighted by Crippen LogP contribution is -2.26. The maximum absolute atomic E-state index is 12.9. The second kappa shape index (κ2) is 7.73. The maximum Gasteiger partial charge on any atom is 0.416 e. The molecule has 0 unspecified atom stereocenters. The second-order valence-corrected chi connectivity index (χ2v) is 7.03. The van der Waals surface area contributed by atoms with E-state index in [0.29, 0.717) is 22.3 Å². The SMILES string of the molecule is COC(=O)c1ccc2nc(-c3ccc(C(F)(F)F)cc3)c(N(C)C(C)C)cc2c1. The van der Waals surface area contributed by atoms with Crippen LogP contribution in [-0.4, -0.2) is 31.2 Å². The summed E-state index contributed by atoms with van der Waals surface area (Å²) in [6, 6.07) is 12.0. The number of halogens is 3. The molecule has 0 aliphatic carbocycles. The van der Waals surface area contributed by atoms with Gasteiger partial charge < -0.3 is 9.64 Å². The van der Waals surface area contributed by atoms with Gasteiger partial charge in [-0.25, -0.2) is 9.78 Å². The second-order valence-electron chi connectivity index (χ2n) is 7.03. The molecule has 2 aromatic carbocycles. The van der Waals surface area contributed by atoms with E-state index < -0.39 is 17.7 Å². The summed E-state index contributed by atoms with van der Waals surface area (Å²) in [6.07, 6.45) is -4.39. The summed E-state index contributed by atoms with van der Waals surface area (Å²) in [5.41, 5.74) is 2.25. The number of anilines is 1. The standard InChI is InChI=1S/C22H21F3N2O2/c1-13(2)27(3)19-12-16-11-15(21(28)29-4)7-10-18(16)26-20(19)14-5-8-17(9-6-14)22(23,24)25/h5-13H,1-4H3. The minimum absolute atomic E-state index is 0.131. The maximum atomic E-state index is 12.9. The molecule has 0 aliphatic heterocycles. The number of esters is 1. The molecule has 0 fully saturated rings. The average Bonchev–Trinajstić information content (AvgIpc) is 2.70. The molecular weight excluding hydrogens is 381 g/mol. The predicted octanol–water partition coefficient (Wildman–Crippen LogP) is 5.55. The number of hydrogen-bond acceptors (Lipinski definition) is 4. The first-order chi connectivity index (χ1) is 13.6. The molecule has 1 aromatic heterocycles. The smallest absolute Gasteiger partial charge is 0.416 e. The average molecular weight is 402 g/mol. The summed E-state index contributed by atoms with van der Waals surface area (Å²) in [5, 5.41) is 0.742. The van der Waals surface area contributed by atoms with Crippen LogP contribution in [0.5, 0.6) is 0 Å². The van der Waals surface area contributed by atoms with E-state index in [-0.39, 0.29) is 6.04 Å². The first kappa shape index (κ1) is 20.6. The molecule has 0 spiro atoms. The van der Waals surface area contributed by atoms with Crippen molar-refractivity contribution in [3.05, 3.63) is 59.7 Å². The number of alkyl halides is 3. The van der Waals surface area contributed by atoms with Crippen LogP contribution < -0.4 is 4.90 Å². The highest BCUT2D eigenvalue weighted by Gasteiger charge is 2.30. The zero-order valence-corrected chi connectivity index (χ0v) is 16.5. The molecule has 0 amide bonds. The Hall–Kier alpha value is -3.09. The molecule has 29 heavy (non-hydrogen) atoms. The van der Waals surface area contributed by atoms with Gasteiger partial charge in [0.05, 0.1) is 35.1 Å². The third kappa shape index (κ3) is 4.18. The Bertz CT molecular complexity index is 1040. The molecule has 3 rings (SSSR count). The molecule has 0 saturated carbocycles. The molecule has 1 heterocycles. The van der Waals surface area contributed by atoms with Gasteiger partial charge in [0.2, 0.25) is 0 Å². The molecule has 7 heteroatoms. The summed E-state index contributed by atoms with van der Waals surface area (Å²) < 4.78 is 43.5. The van der Waals surface area contributed by atoms with Crippen molar-refractivity contribution in [3.63, 3.8) is 0 Å². The van der Waals surface area contributed by atoms with E-state index in [1.807, 2.05) is 31.9 Å². The predicted molar refractivity (Wildman–Crippen MR) is 107 cm³/mol. The number of fused-ring (bicyclic) bond motifs is 1. The van der Waals surface area contributed by atoms with Crippen LogP contribution in [0, 0.1) is 0 Å². The van der Waals surface area contributed by atoms with Crippen molar-refractivity contribution in [1.29, 1.82) is 0 Å². The van der Waals surface area contributed by atoms with E-state index in [9.17, 15) is 18.0 Å². The molecule has 0 aliphatic rings. The van der Waals surface area contributed by atoms with Gasteiger partial charge in [-0.2, -0.15) is 13.2 Å². The van der Waals surface area contributed by atoms with E-state index in [1.165, 1.54) is 19.2 Å². The number of benzene rings is 2. The van der Waals surface area contributed by atoms with Crippen LogP contribution in [0.15, 0.2) is 48.5 Å². The van der Waals surface area contributed by atoms with Crippen molar-refractivity contribution < 1.29 is 22.7 Å². The Kier molecular flexibility index (Phi) is 5.50. The van der Waals surface area contributed by atoms with E-state index >= 15 is 0 Å². The molecule has 0 N–H and O–H groups in total. The van der Waals surface area contributed by atoms with Gasteiger partial charge in [-0.3, -0.25) is 0 Å². The van der Waals surface area contributed by atoms with Crippen molar-refractivity contribution in [2.24, 2.45) is 0 Å². The largest absolute Gasteiger partial charge is 0.465 e. The zero-order valence-electron chi connectivity index (χ0n) is 16.5. The number of hydrogen-bond donors (Lipinski definition) is 0. The Balaban J connectivity index is 2.19. The van der Waals surface area contributed by atoms with Gasteiger partial charge in [-0.1, -0.05) is 12.1 Å². The number of carbonyl (C=O) groups excluding carboxylic acids is 1. The lowest BCUT2D eigenvalue weighted by molar-refractivity contribution is -0.137. The summed E-state index contributed by atoms with van der Waals surface area (Å²) in [5.74, 6) is -0.447. The van der Waals surface area contributed by atoms with Crippen LogP contribution in [0.1, 0.15) is 29.8 Å². The minimum Gasteiger partial charge on any atom is -0.465 e.